The number of carbonyl (C=O) groups excluding carboxylic acids is 1. The van der Waals surface area contributed by atoms with Gasteiger partial charge < -0.3 is 10.2 Å². The van der Waals surface area contributed by atoms with E-state index in [1.165, 1.54) is 12.8 Å². The molecule has 1 amide bonds. The van der Waals surface area contributed by atoms with Crippen molar-refractivity contribution in [2.45, 2.75) is 58.9 Å². The highest BCUT2D eigenvalue weighted by Gasteiger charge is 2.20. The summed E-state index contributed by atoms with van der Waals surface area (Å²) >= 11 is 0. The number of amides is 1. The number of hydrogen-bond donors (Lipinski definition) is 1. The van der Waals surface area contributed by atoms with Gasteiger partial charge in [0.15, 0.2) is 0 Å². The molecule has 0 spiro atoms. The molecule has 1 aliphatic heterocycles. The number of carbonyl (C=O) groups is 1. The standard InChI is InChI=1S/C14H28N2O/c1-4-10-16(11-13-6-5-9-15-13)14(17)8-7-12(2)3/h12-13,15H,4-11H2,1-3H3. The van der Waals surface area contributed by atoms with Gasteiger partial charge in [0.25, 0.3) is 0 Å². The molecule has 1 rings (SSSR count). The van der Waals surface area contributed by atoms with E-state index in [1.807, 2.05) is 0 Å². The summed E-state index contributed by atoms with van der Waals surface area (Å²) in [6.45, 7) is 9.43. The molecule has 3 nitrogen and oxygen atoms in total. The molecule has 1 unspecified atom stereocenters. The Morgan fingerprint density at radius 1 is 1.47 bits per heavy atom. The van der Waals surface area contributed by atoms with Crippen LogP contribution in [0.2, 0.25) is 0 Å². The minimum Gasteiger partial charge on any atom is -0.341 e. The number of rotatable bonds is 7. The molecule has 1 heterocycles. The number of nitrogens with one attached hydrogen (secondary N) is 1. The van der Waals surface area contributed by atoms with Crippen molar-refractivity contribution in [1.82, 2.24) is 10.2 Å². The van der Waals surface area contributed by atoms with Gasteiger partial charge in [-0.25, -0.2) is 0 Å². The maximum Gasteiger partial charge on any atom is 0.222 e. The molecular formula is C14H28N2O. The molecule has 0 aromatic heterocycles. The Bertz CT molecular complexity index is 222. The Morgan fingerprint density at radius 2 is 2.24 bits per heavy atom. The average molecular weight is 240 g/mol. The second-order valence-corrected chi connectivity index (χ2v) is 5.57. The molecule has 100 valence electrons. The van der Waals surface area contributed by atoms with Crippen molar-refractivity contribution in [3.8, 4) is 0 Å². The minimum atomic E-state index is 0.342. The first-order valence-corrected chi connectivity index (χ1v) is 7.14. The maximum atomic E-state index is 12.1. The summed E-state index contributed by atoms with van der Waals surface area (Å²) in [4.78, 5) is 14.2. The van der Waals surface area contributed by atoms with E-state index in [0.717, 1.165) is 32.5 Å². The van der Waals surface area contributed by atoms with Crippen molar-refractivity contribution in [2.24, 2.45) is 5.92 Å². The number of hydrogen-bond acceptors (Lipinski definition) is 2. The molecule has 0 saturated carbocycles. The van der Waals surface area contributed by atoms with E-state index < -0.39 is 0 Å². The lowest BCUT2D eigenvalue weighted by Gasteiger charge is -2.26. The molecule has 1 N–H and O–H groups in total. The molecule has 1 saturated heterocycles. The van der Waals surface area contributed by atoms with Gasteiger partial charge in [-0.3, -0.25) is 4.79 Å². The third kappa shape index (κ3) is 5.53. The summed E-state index contributed by atoms with van der Waals surface area (Å²) in [5.74, 6) is 0.960. The zero-order chi connectivity index (χ0) is 12.7. The summed E-state index contributed by atoms with van der Waals surface area (Å²) in [5, 5.41) is 3.47. The lowest BCUT2D eigenvalue weighted by Crippen LogP contribution is -2.41. The van der Waals surface area contributed by atoms with E-state index in [1.54, 1.807) is 0 Å². The van der Waals surface area contributed by atoms with Crippen molar-refractivity contribution in [3.63, 3.8) is 0 Å². The van der Waals surface area contributed by atoms with Crippen LogP contribution in [0.1, 0.15) is 52.9 Å². The third-order valence-electron chi connectivity index (χ3n) is 3.38. The Labute approximate surface area is 106 Å². The van der Waals surface area contributed by atoms with Crippen LogP contribution in [-0.2, 0) is 4.79 Å². The summed E-state index contributed by atoms with van der Waals surface area (Å²) in [7, 11) is 0. The number of nitrogens with zero attached hydrogens (tertiary/aromatic N) is 1. The molecule has 0 aromatic carbocycles. The topological polar surface area (TPSA) is 32.3 Å². The van der Waals surface area contributed by atoms with Gasteiger partial charge in [-0.05, 0) is 38.1 Å². The van der Waals surface area contributed by atoms with E-state index in [-0.39, 0.29) is 0 Å². The first kappa shape index (κ1) is 14.5. The molecule has 0 radical (unpaired) electrons. The molecule has 0 aliphatic carbocycles. The van der Waals surface area contributed by atoms with Gasteiger partial charge in [-0.2, -0.15) is 0 Å². The molecule has 0 bridgehead atoms. The van der Waals surface area contributed by atoms with E-state index in [9.17, 15) is 4.79 Å². The predicted octanol–water partition coefficient (Wildman–Crippen LogP) is 2.41. The van der Waals surface area contributed by atoms with Crippen molar-refractivity contribution in [2.75, 3.05) is 19.6 Å². The molecule has 0 aromatic rings. The van der Waals surface area contributed by atoms with Gasteiger partial charge in [0, 0.05) is 25.6 Å². The summed E-state index contributed by atoms with van der Waals surface area (Å²) in [6.07, 6.45) is 5.25. The Morgan fingerprint density at radius 3 is 2.76 bits per heavy atom. The van der Waals surface area contributed by atoms with Crippen molar-refractivity contribution in [3.05, 3.63) is 0 Å². The largest absolute Gasteiger partial charge is 0.341 e. The predicted molar refractivity (Wildman–Crippen MR) is 72.0 cm³/mol. The zero-order valence-electron chi connectivity index (χ0n) is 11.7. The Kier molecular flexibility index (Phi) is 6.56. The van der Waals surface area contributed by atoms with Crippen LogP contribution in [0.3, 0.4) is 0 Å². The van der Waals surface area contributed by atoms with E-state index in [0.29, 0.717) is 24.3 Å². The van der Waals surface area contributed by atoms with Crippen LogP contribution in [0.4, 0.5) is 0 Å². The van der Waals surface area contributed by atoms with Crippen molar-refractivity contribution in [1.29, 1.82) is 0 Å². The fourth-order valence-corrected chi connectivity index (χ4v) is 2.34. The first-order valence-electron chi connectivity index (χ1n) is 7.14. The normalized spacial score (nSPS) is 19.9. The molecule has 17 heavy (non-hydrogen) atoms. The summed E-state index contributed by atoms with van der Waals surface area (Å²) in [5.41, 5.74) is 0. The van der Waals surface area contributed by atoms with Crippen LogP contribution in [0, 0.1) is 5.92 Å². The highest BCUT2D eigenvalue weighted by Crippen LogP contribution is 2.11. The van der Waals surface area contributed by atoms with E-state index in [2.05, 4.69) is 31.0 Å². The SMILES string of the molecule is CCCN(CC1CCCN1)C(=O)CCC(C)C. The van der Waals surface area contributed by atoms with Gasteiger partial charge in [-0.1, -0.05) is 20.8 Å². The van der Waals surface area contributed by atoms with Gasteiger partial charge >= 0.3 is 0 Å². The lowest BCUT2D eigenvalue weighted by molar-refractivity contribution is -0.131. The van der Waals surface area contributed by atoms with E-state index >= 15 is 0 Å². The smallest absolute Gasteiger partial charge is 0.222 e. The summed E-state index contributed by atoms with van der Waals surface area (Å²) in [6, 6.07) is 0.532. The van der Waals surface area contributed by atoms with Crippen molar-refractivity contribution >= 4 is 5.91 Å². The first-order chi connectivity index (χ1) is 8.13. The Hall–Kier alpha value is -0.570. The fraction of sp³-hybridized carbons (Fsp3) is 0.929. The monoisotopic (exact) mass is 240 g/mol. The molecule has 1 atom stereocenters. The fourth-order valence-electron chi connectivity index (χ4n) is 2.34. The van der Waals surface area contributed by atoms with E-state index in [4.69, 9.17) is 0 Å². The van der Waals surface area contributed by atoms with Crippen LogP contribution >= 0.6 is 0 Å². The molecule has 3 heteroatoms. The molecule has 1 fully saturated rings. The van der Waals surface area contributed by atoms with Crippen LogP contribution in [0.25, 0.3) is 0 Å². The van der Waals surface area contributed by atoms with Gasteiger partial charge in [0.1, 0.15) is 0 Å². The molecule has 1 aliphatic rings. The Balaban J connectivity index is 2.37. The summed E-state index contributed by atoms with van der Waals surface area (Å²) < 4.78 is 0. The van der Waals surface area contributed by atoms with Gasteiger partial charge in [0.2, 0.25) is 5.91 Å². The highest BCUT2D eigenvalue weighted by atomic mass is 16.2. The second kappa shape index (κ2) is 7.70. The quantitative estimate of drug-likeness (QED) is 0.741. The zero-order valence-corrected chi connectivity index (χ0v) is 11.7. The average Bonchev–Trinajstić information content (AvgIpc) is 2.78. The third-order valence-corrected chi connectivity index (χ3v) is 3.38. The maximum absolute atomic E-state index is 12.1. The van der Waals surface area contributed by atoms with Crippen LogP contribution in [0.5, 0.6) is 0 Å². The van der Waals surface area contributed by atoms with Gasteiger partial charge in [0.05, 0.1) is 0 Å². The van der Waals surface area contributed by atoms with Crippen LogP contribution in [-0.4, -0.2) is 36.5 Å². The van der Waals surface area contributed by atoms with Crippen LogP contribution in [0.15, 0.2) is 0 Å². The lowest BCUT2D eigenvalue weighted by atomic mass is 10.1. The second-order valence-electron chi connectivity index (χ2n) is 5.57. The molecular weight excluding hydrogens is 212 g/mol. The van der Waals surface area contributed by atoms with Gasteiger partial charge in [-0.15, -0.1) is 0 Å². The van der Waals surface area contributed by atoms with Crippen LogP contribution < -0.4 is 5.32 Å². The van der Waals surface area contributed by atoms with Crippen molar-refractivity contribution < 1.29 is 4.79 Å². The minimum absolute atomic E-state index is 0.342. The highest BCUT2D eigenvalue weighted by molar-refractivity contribution is 5.76.